The van der Waals surface area contributed by atoms with Crippen molar-refractivity contribution in [3.05, 3.63) is 28.8 Å². The van der Waals surface area contributed by atoms with E-state index in [-0.39, 0.29) is 16.9 Å². The fourth-order valence-corrected chi connectivity index (χ4v) is 2.16. The minimum atomic E-state index is 0.0935. The molecule has 1 heteroatoms. The van der Waals surface area contributed by atoms with E-state index in [1.165, 1.54) is 16.7 Å². The Labute approximate surface area is 119 Å². The van der Waals surface area contributed by atoms with E-state index >= 15 is 0 Å². The van der Waals surface area contributed by atoms with Crippen molar-refractivity contribution in [3.63, 3.8) is 0 Å². The monoisotopic (exact) mass is 262 g/mol. The Kier molecular flexibility index (Phi) is 4.39. The van der Waals surface area contributed by atoms with Crippen molar-refractivity contribution in [2.75, 3.05) is 0 Å². The molecule has 0 radical (unpaired) electrons. The molecule has 0 saturated carbocycles. The van der Waals surface area contributed by atoms with E-state index in [1.807, 2.05) is 0 Å². The van der Waals surface area contributed by atoms with Crippen LogP contribution in [-0.4, -0.2) is 6.10 Å². The van der Waals surface area contributed by atoms with Crippen LogP contribution in [0.15, 0.2) is 12.1 Å². The molecular weight excluding hydrogens is 232 g/mol. The van der Waals surface area contributed by atoms with Gasteiger partial charge in [0, 0.05) is 5.56 Å². The number of hydrogen-bond donors (Lipinski definition) is 0. The molecule has 0 bridgehead atoms. The van der Waals surface area contributed by atoms with Gasteiger partial charge in [0.05, 0.1) is 6.10 Å². The predicted octanol–water partition coefficient (Wildman–Crippen LogP) is 5.38. The maximum atomic E-state index is 6.07. The molecule has 1 rings (SSSR count). The van der Waals surface area contributed by atoms with E-state index in [9.17, 15) is 0 Å². The first-order chi connectivity index (χ1) is 8.43. The van der Waals surface area contributed by atoms with Crippen molar-refractivity contribution in [2.24, 2.45) is 0 Å². The summed E-state index contributed by atoms with van der Waals surface area (Å²) >= 11 is 0. The third-order valence-corrected chi connectivity index (χ3v) is 3.30. The fourth-order valence-electron chi connectivity index (χ4n) is 2.16. The molecule has 0 aliphatic rings. The number of hydrogen-bond acceptors (Lipinski definition) is 1. The maximum absolute atomic E-state index is 6.07. The van der Waals surface area contributed by atoms with Crippen LogP contribution in [0.1, 0.15) is 72.1 Å². The zero-order valence-corrected chi connectivity index (χ0v) is 14.1. The zero-order valence-electron chi connectivity index (χ0n) is 14.1. The minimum Gasteiger partial charge on any atom is -0.490 e. The van der Waals surface area contributed by atoms with E-state index in [0.717, 1.165) is 5.75 Å². The number of aryl methyl sites for hydroxylation is 1. The molecule has 0 fully saturated rings. The van der Waals surface area contributed by atoms with Gasteiger partial charge < -0.3 is 4.74 Å². The Balaban J connectivity index is 3.48. The van der Waals surface area contributed by atoms with Crippen LogP contribution in [0, 0.1) is 6.92 Å². The number of ether oxygens (including phenoxy) is 1. The third-order valence-electron chi connectivity index (χ3n) is 3.30. The van der Waals surface area contributed by atoms with Crippen molar-refractivity contribution >= 4 is 0 Å². The number of rotatable bonds is 2. The van der Waals surface area contributed by atoms with Crippen LogP contribution < -0.4 is 4.74 Å². The van der Waals surface area contributed by atoms with Gasteiger partial charge in [-0.1, -0.05) is 53.7 Å². The first kappa shape index (κ1) is 16.1. The molecule has 0 amide bonds. The zero-order chi connectivity index (χ0) is 15.0. The average Bonchev–Trinajstić information content (AvgIpc) is 2.16. The molecule has 19 heavy (non-hydrogen) atoms. The van der Waals surface area contributed by atoms with Gasteiger partial charge in [-0.25, -0.2) is 0 Å². The number of benzene rings is 1. The van der Waals surface area contributed by atoms with Gasteiger partial charge in [-0.05, 0) is 42.7 Å². The average molecular weight is 262 g/mol. The summed E-state index contributed by atoms with van der Waals surface area (Å²) in [4.78, 5) is 0. The van der Waals surface area contributed by atoms with E-state index in [2.05, 4.69) is 74.4 Å². The van der Waals surface area contributed by atoms with Crippen LogP contribution in [0.2, 0.25) is 0 Å². The lowest BCUT2D eigenvalue weighted by Crippen LogP contribution is -2.20. The molecule has 0 aliphatic carbocycles. The summed E-state index contributed by atoms with van der Waals surface area (Å²) in [7, 11) is 0. The second kappa shape index (κ2) is 5.19. The molecule has 0 unspecified atom stereocenters. The summed E-state index contributed by atoms with van der Waals surface area (Å²) in [6.45, 7) is 19.9. The lowest BCUT2D eigenvalue weighted by Gasteiger charge is -2.29. The Bertz CT molecular complexity index is 442. The van der Waals surface area contributed by atoms with Crippen molar-refractivity contribution < 1.29 is 4.74 Å². The van der Waals surface area contributed by atoms with Crippen LogP contribution >= 0.6 is 0 Å². The van der Waals surface area contributed by atoms with Crippen LogP contribution in [0.25, 0.3) is 0 Å². The molecule has 0 heterocycles. The highest BCUT2D eigenvalue weighted by Crippen LogP contribution is 2.38. The van der Waals surface area contributed by atoms with E-state index in [4.69, 9.17) is 4.74 Å². The quantitative estimate of drug-likeness (QED) is 0.695. The lowest BCUT2D eigenvalue weighted by molar-refractivity contribution is 0.234. The first-order valence-corrected chi connectivity index (χ1v) is 7.25. The van der Waals surface area contributed by atoms with Gasteiger partial charge >= 0.3 is 0 Å². The van der Waals surface area contributed by atoms with Crippen LogP contribution in [0.3, 0.4) is 0 Å². The summed E-state index contributed by atoms with van der Waals surface area (Å²) in [6, 6.07) is 4.59. The molecule has 0 saturated heterocycles. The highest BCUT2D eigenvalue weighted by molar-refractivity contribution is 5.49. The smallest absolute Gasteiger partial charge is 0.126 e. The van der Waals surface area contributed by atoms with Gasteiger partial charge in [-0.2, -0.15) is 0 Å². The first-order valence-electron chi connectivity index (χ1n) is 7.25. The molecule has 1 nitrogen and oxygen atoms in total. The Morgan fingerprint density at radius 3 is 1.79 bits per heavy atom. The molecule has 0 aromatic heterocycles. The molecule has 0 N–H and O–H groups in total. The van der Waals surface area contributed by atoms with Gasteiger partial charge in [-0.15, -0.1) is 0 Å². The van der Waals surface area contributed by atoms with Gasteiger partial charge in [0.2, 0.25) is 0 Å². The summed E-state index contributed by atoms with van der Waals surface area (Å²) in [6.07, 6.45) is 0.209. The Morgan fingerprint density at radius 2 is 1.42 bits per heavy atom. The van der Waals surface area contributed by atoms with Gasteiger partial charge in [0.25, 0.3) is 0 Å². The van der Waals surface area contributed by atoms with E-state index < -0.39 is 0 Å². The molecular formula is C18H30O. The lowest BCUT2D eigenvalue weighted by atomic mass is 9.79. The van der Waals surface area contributed by atoms with Gasteiger partial charge in [0.1, 0.15) is 5.75 Å². The highest BCUT2D eigenvalue weighted by atomic mass is 16.5. The van der Waals surface area contributed by atoms with E-state index in [0.29, 0.717) is 0 Å². The molecule has 1 aromatic rings. The van der Waals surface area contributed by atoms with Crippen molar-refractivity contribution in [1.29, 1.82) is 0 Å². The van der Waals surface area contributed by atoms with Gasteiger partial charge in [0.15, 0.2) is 0 Å². The standard InChI is InChI=1S/C18H30O/c1-12(2)19-16-13(3)10-14(17(4,5)6)11-15(16)18(7,8)9/h10-12H,1-9H3. The molecule has 0 aliphatic heterocycles. The highest BCUT2D eigenvalue weighted by Gasteiger charge is 2.25. The molecule has 1 aromatic carbocycles. The second-order valence-corrected chi connectivity index (χ2v) is 7.84. The van der Waals surface area contributed by atoms with Crippen LogP contribution in [0.5, 0.6) is 5.75 Å². The normalized spacial score (nSPS) is 12.9. The van der Waals surface area contributed by atoms with Crippen LogP contribution in [0.4, 0.5) is 0 Å². The third kappa shape index (κ3) is 3.99. The minimum absolute atomic E-state index is 0.0935. The van der Waals surface area contributed by atoms with Crippen molar-refractivity contribution in [1.82, 2.24) is 0 Å². The topological polar surface area (TPSA) is 9.23 Å². The second-order valence-electron chi connectivity index (χ2n) is 7.84. The molecule has 0 atom stereocenters. The predicted molar refractivity (Wildman–Crippen MR) is 84.3 cm³/mol. The SMILES string of the molecule is Cc1cc(C(C)(C)C)cc(C(C)(C)C)c1OC(C)C. The summed E-state index contributed by atoms with van der Waals surface area (Å²) < 4.78 is 6.07. The van der Waals surface area contributed by atoms with Crippen LogP contribution in [-0.2, 0) is 10.8 Å². The van der Waals surface area contributed by atoms with Crippen molar-refractivity contribution in [2.45, 2.75) is 79.2 Å². The summed E-state index contributed by atoms with van der Waals surface area (Å²) in [5.74, 6) is 1.07. The molecule has 108 valence electrons. The Hall–Kier alpha value is -0.980. The largest absolute Gasteiger partial charge is 0.490 e. The van der Waals surface area contributed by atoms with E-state index in [1.54, 1.807) is 0 Å². The van der Waals surface area contributed by atoms with Crippen molar-refractivity contribution in [3.8, 4) is 5.75 Å². The van der Waals surface area contributed by atoms with Gasteiger partial charge in [-0.3, -0.25) is 0 Å². The molecule has 0 spiro atoms. The Morgan fingerprint density at radius 1 is 0.895 bits per heavy atom. The maximum Gasteiger partial charge on any atom is 0.126 e. The summed E-state index contributed by atoms with van der Waals surface area (Å²) in [5, 5.41) is 0. The summed E-state index contributed by atoms with van der Waals surface area (Å²) in [5.41, 5.74) is 4.19. The fraction of sp³-hybridized carbons (Fsp3) is 0.667.